The number of fused-ring (bicyclic) bond motifs is 5. The van der Waals surface area contributed by atoms with E-state index >= 15 is 0 Å². The van der Waals surface area contributed by atoms with Gasteiger partial charge in [0.1, 0.15) is 0 Å². The van der Waals surface area contributed by atoms with Crippen LogP contribution in [0.15, 0.2) is 11.6 Å². The highest BCUT2D eigenvalue weighted by Crippen LogP contribution is 2.68. The van der Waals surface area contributed by atoms with Gasteiger partial charge in [-0.05, 0) is 91.9 Å². The van der Waals surface area contributed by atoms with Gasteiger partial charge in [-0.3, -0.25) is 4.79 Å². The first-order chi connectivity index (χ1) is 14.5. The maximum Gasteiger partial charge on any atom is 0.306 e. The Balaban J connectivity index is 1.52. The molecule has 3 N–H and O–H groups in total. The van der Waals surface area contributed by atoms with E-state index < -0.39 is 11.8 Å². The van der Waals surface area contributed by atoms with E-state index in [1.807, 2.05) is 6.08 Å². The minimum Gasteiger partial charge on any atom is -0.481 e. The SMILES string of the molecule is CC(CCC[C@@H](C)[C@H]1CC[C@H]2[C@H]3[C@H](CC[C@]12C)[C@@]1(C)CCCCC1=CC3(O)O)C(=O)O. The molecule has 0 bridgehead atoms. The lowest BCUT2D eigenvalue weighted by Crippen LogP contribution is -2.59. The summed E-state index contributed by atoms with van der Waals surface area (Å²) >= 11 is 0. The summed E-state index contributed by atoms with van der Waals surface area (Å²) in [6.45, 7) is 8.99. The molecule has 0 aromatic carbocycles. The van der Waals surface area contributed by atoms with Gasteiger partial charge in [-0.15, -0.1) is 0 Å². The Morgan fingerprint density at radius 1 is 1.06 bits per heavy atom. The number of carbonyl (C=O) groups is 1. The second-order valence-corrected chi connectivity index (χ2v) is 12.2. The quantitative estimate of drug-likeness (QED) is 0.368. The minimum absolute atomic E-state index is 0.0534. The largest absolute Gasteiger partial charge is 0.481 e. The van der Waals surface area contributed by atoms with Crippen molar-refractivity contribution in [3.05, 3.63) is 11.6 Å². The molecule has 0 spiro atoms. The lowest BCUT2D eigenvalue weighted by atomic mass is 9.45. The van der Waals surface area contributed by atoms with Crippen LogP contribution < -0.4 is 0 Å². The van der Waals surface area contributed by atoms with Crippen LogP contribution in [0.5, 0.6) is 0 Å². The Morgan fingerprint density at radius 3 is 2.52 bits per heavy atom. The fourth-order valence-electron chi connectivity index (χ4n) is 8.76. The average molecular weight is 433 g/mol. The van der Waals surface area contributed by atoms with Crippen molar-refractivity contribution in [2.75, 3.05) is 0 Å². The molecule has 0 heterocycles. The first kappa shape index (κ1) is 23.3. The maximum atomic E-state index is 11.3. The predicted molar refractivity (Wildman–Crippen MR) is 122 cm³/mol. The van der Waals surface area contributed by atoms with Crippen molar-refractivity contribution in [2.24, 2.45) is 46.3 Å². The van der Waals surface area contributed by atoms with Crippen LogP contribution in [0.25, 0.3) is 0 Å². The topological polar surface area (TPSA) is 77.8 Å². The van der Waals surface area contributed by atoms with Gasteiger partial charge in [0.15, 0.2) is 5.79 Å². The highest BCUT2D eigenvalue weighted by molar-refractivity contribution is 5.69. The van der Waals surface area contributed by atoms with Gasteiger partial charge in [0.25, 0.3) is 0 Å². The number of aliphatic carboxylic acids is 1. The molecular formula is C27H44O4. The second kappa shape index (κ2) is 8.17. The molecule has 4 rings (SSSR count). The number of carboxylic acid groups (broad SMARTS) is 1. The molecule has 0 radical (unpaired) electrons. The van der Waals surface area contributed by atoms with Crippen LogP contribution in [0.2, 0.25) is 0 Å². The highest BCUT2D eigenvalue weighted by Gasteiger charge is 2.64. The Labute approximate surface area is 188 Å². The van der Waals surface area contributed by atoms with E-state index in [9.17, 15) is 15.0 Å². The van der Waals surface area contributed by atoms with Crippen LogP contribution in [0, 0.1) is 46.3 Å². The zero-order valence-corrected chi connectivity index (χ0v) is 20.1. The third-order valence-electron chi connectivity index (χ3n) is 10.6. The fraction of sp³-hybridized carbons (Fsp3) is 0.889. The molecule has 0 saturated heterocycles. The zero-order valence-electron chi connectivity index (χ0n) is 20.1. The lowest BCUT2D eigenvalue weighted by molar-refractivity contribution is -0.235. The van der Waals surface area contributed by atoms with Crippen molar-refractivity contribution >= 4 is 5.97 Å². The van der Waals surface area contributed by atoms with E-state index in [0.717, 1.165) is 38.5 Å². The van der Waals surface area contributed by atoms with Crippen LogP contribution in [0.1, 0.15) is 98.3 Å². The minimum atomic E-state index is -1.67. The van der Waals surface area contributed by atoms with Crippen molar-refractivity contribution in [1.29, 1.82) is 0 Å². The summed E-state index contributed by atoms with van der Waals surface area (Å²) in [5, 5.41) is 31.7. The number of rotatable bonds is 6. The molecule has 0 amide bonds. The molecule has 4 heteroatoms. The molecule has 4 aliphatic carbocycles. The Kier molecular flexibility index (Phi) is 6.14. The molecule has 31 heavy (non-hydrogen) atoms. The van der Waals surface area contributed by atoms with Crippen molar-refractivity contribution in [1.82, 2.24) is 0 Å². The summed E-state index contributed by atoms with van der Waals surface area (Å²) in [5.74, 6) is -0.784. The lowest BCUT2D eigenvalue weighted by Gasteiger charge is -2.60. The van der Waals surface area contributed by atoms with Gasteiger partial charge >= 0.3 is 5.97 Å². The molecule has 0 aromatic heterocycles. The fourth-order valence-corrected chi connectivity index (χ4v) is 8.76. The summed E-state index contributed by atoms with van der Waals surface area (Å²) in [5.41, 5.74) is 1.62. The highest BCUT2D eigenvalue weighted by atomic mass is 16.5. The molecule has 0 aromatic rings. The van der Waals surface area contributed by atoms with Gasteiger partial charge < -0.3 is 15.3 Å². The predicted octanol–water partition coefficient (Wildman–Crippen LogP) is 5.77. The molecule has 4 aliphatic rings. The first-order valence-corrected chi connectivity index (χ1v) is 12.9. The number of allylic oxidation sites excluding steroid dienone is 1. The van der Waals surface area contributed by atoms with E-state index in [1.54, 1.807) is 6.92 Å². The molecule has 0 aliphatic heterocycles. The van der Waals surface area contributed by atoms with Gasteiger partial charge in [-0.2, -0.15) is 0 Å². The molecule has 4 nitrogen and oxygen atoms in total. The van der Waals surface area contributed by atoms with Crippen LogP contribution in [0.3, 0.4) is 0 Å². The second-order valence-electron chi connectivity index (χ2n) is 12.2. The Bertz CT molecular complexity index is 727. The molecular weight excluding hydrogens is 388 g/mol. The van der Waals surface area contributed by atoms with E-state index in [1.165, 1.54) is 37.7 Å². The van der Waals surface area contributed by atoms with Gasteiger partial charge in [-0.25, -0.2) is 0 Å². The number of aliphatic hydroxyl groups is 2. The molecule has 176 valence electrons. The van der Waals surface area contributed by atoms with E-state index in [0.29, 0.717) is 23.7 Å². The molecule has 1 unspecified atom stereocenters. The van der Waals surface area contributed by atoms with Crippen molar-refractivity contribution < 1.29 is 20.1 Å². The van der Waals surface area contributed by atoms with Crippen LogP contribution in [0.4, 0.5) is 0 Å². The summed E-state index contributed by atoms with van der Waals surface area (Å²) in [7, 11) is 0. The van der Waals surface area contributed by atoms with Gasteiger partial charge in [0.05, 0.1) is 5.92 Å². The van der Waals surface area contributed by atoms with E-state index in [-0.39, 0.29) is 22.7 Å². The van der Waals surface area contributed by atoms with Gasteiger partial charge in [-0.1, -0.05) is 52.5 Å². The summed E-state index contributed by atoms with van der Waals surface area (Å²) in [6, 6.07) is 0. The van der Waals surface area contributed by atoms with Crippen LogP contribution >= 0.6 is 0 Å². The number of carboxylic acids is 1. The number of hydrogen-bond acceptors (Lipinski definition) is 3. The van der Waals surface area contributed by atoms with Gasteiger partial charge in [0.2, 0.25) is 0 Å². The Morgan fingerprint density at radius 2 is 1.81 bits per heavy atom. The number of hydrogen-bond donors (Lipinski definition) is 3. The summed E-state index contributed by atoms with van der Waals surface area (Å²) < 4.78 is 0. The molecule has 3 fully saturated rings. The van der Waals surface area contributed by atoms with Crippen molar-refractivity contribution in [3.63, 3.8) is 0 Å². The average Bonchev–Trinajstić information content (AvgIpc) is 3.05. The third-order valence-corrected chi connectivity index (χ3v) is 10.6. The normalized spacial score (nSPS) is 43.2. The van der Waals surface area contributed by atoms with E-state index in [4.69, 9.17) is 5.11 Å². The monoisotopic (exact) mass is 432 g/mol. The van der Waals surface area contributed by atoms with Crippen LogP contribution in [-0.4, -0.2) is 27.1 Å². The van der Waals surface area contributed by atoms with Crippen molar-refractivity contribution in [2.45, 2.75) is 104 Å². The van der Waals surface area contributed by atoms with Crippen LogP contribution in [-0.2, 0) is 4.79 Å². The standard InChI is InChI=1S/C27H44O4/c1-17(8-7-9-18(2)24(28)29)20-11-12-21-23-22(13-15-26(20,21)4)25(3)14-6-5-10-19(25)16-27(23,30)31/h16-18,20-23,30-31H,5-15H2,1-4H3,(H,28,29)/t17-,18?,20-,21+,22+,23+,25+,26-/m1/s1. The molecule has 3 saturated carbocycles. The summed E-state index contributed by atoms with van der Waals surface area (Å²) in [4.78, 5) is 11.1. The smallest absolute Gasteiger partial charge is 0.306 e. The Hall–Kier alpha value is -0.870. The maximum absolute atomic E-state index is 11.3. The van der Waals surface area contributed by atoms with Crippen molar-refractivity contribution in [3.8, 4) is 0 Å². The van der Waals surface area contributed by atoms with E-state index in [2.05, 4.69) is 20.8 Å². The third kappa shape index (κ3) is 3.80. The zero-order chi connectivity index (χ0) is 22.6. The van der Waals surface area contributed by atoms with Gasteiger partial charge in [0, 0.05) is 5.92 Å². The first-order valence-electron chi connectivity index (χ1n) is 12.9. The summed E-state index contributed by atoms with van der Waals surface area (Å²) in [6.07, 6.45) is 13.9. The molecule has 8 atom stereocenters.